The Balaban J connectivity index is 1.18. The summed E-state index contributed by atoms with van der Waals surface area (Å²) in [5.41, 5.74) is 19.6. The minimum atomic E-state index is -0.557. The number of allylic oxidation sites excluding steroid dienone is 7. The third kappa shape index (κ3) is 6.86. The summed E-state index contributed by atoms with van der Waals surface area (Å²) in [5.74, 6) is 0. The van der Waals surface area contributed by atoms with Crippen LogP contribution in [0.2, 0.25) is 0 Å². The SMILES string of the molecule is C=C/C=C\C1=C(C)c2ccc(N(C(=C)/C=C\C)c3ccccc3-c3cccc(-c4ccc(-c5c(C)ccc6ccccc56)c(C)c4)c3)cc2C1(c1ccccc1)c1ccccc1. The van der Waals surface area contributed by atoms with Crippen LogP contribution in [0.5, 0.6) is 0 Å². The van der Waals surface area contributed by atoms with Gasteiger partial charge in [-0.25, -0.2) is 0 Å². The summed E-state index contributed by atoms with van der Waals surface area (Å²) >= 11 is 0. The van der Waals surface area contributed by atoms with Crippen molar-refractivity contribution in [2.75, 3.05) is 4.90 Å². The minimum Gasteiger partial charge on any atom is -0.310 e. The number of fused-ring (bicyclic) bond motifs is 2. The molecule has 0 heterocycles. The minimum absolute atomic E-state index is 0.557. The van der Waals surface area contributed by atoms with Crippen molar-refractivity contribution in [2.45, 2.75) is 33.1 Å². The molecular formula is C61H51N. The predicted octanol–water partition coefficient (Wildman–Crippen LogP) is 16.5. The van der Waals surface area contributed by atoms with E-state index in [1.54, 1.807) is 0 Å². The van der Waals surface area contributed by atoms with Gasteiger partial charge in [-0.05, 0) is 141 Å². The molecule has 1 aliphatic carbocycles. The van der Waals surface area contributed by atoms with Crippen LogP contribution in [0.1, 0.15) is 47.2 Å². The van der Waals surface area contributed by atoms with Gasteiger partial charge in [0.25, 0.3) is 0 Å². The van der Waals surface area contributed by atoms with Crippen molar-refractivity contribution in [1.82, 2.24) is 0 Å². The van der Waals surface area contributed by atoms with Crippen molar-refractivity contribution in [3.63, 3.8) is 0 Å². The Morgan fingerprint density at radius 1 is 0.565 bits per heavy atom. The third-order valence-electron chi connectivity index (χ3n) is 12.6. The van der Waals surface area contributed by atoms with E-state index in [-0.39, 0.29) is 0 Å². The monoisotopic (exact) mass is 797 g/mol. The van der Waals surface area contributed by atoms with E-state index in [0.29, 0.717) is 0 Å². The topological polar surface area (TPSA) is 3.24 Å². The predicted molar refractivity (Wildman–Crippen MR) is 267 cm³/mol. The maximum absolute atomic E-state index is 4.69. The van der Waals surface area contributed by atoms with Crippen molar-refractivity contribution < 1.29 is 0 Å². The Bertz CT molecular complexity index is 3040. The summed E-state index contributed by atoms with van der Waals surface area (Å²) in [7, 11) is 0. The van der Waals surface area contributed by atoms with Gasteiger partial charge < -0.3 is 4.90 Å². The van der Waals surface area contributed by atoms with Crippen LogP contribution >= 0.6 is 0 Å². The Labute approximate surface area is 367 Å². The summed E-state index contributed by atoms with van der Waals surface area (Å²) in [5, 5.41) is 2.55. The van der Waals surface area contributed by atoms with Crippen LogP contribution in [-0.2, 0) is 5.41 Å². The van der Waals surface area contributed by atoms with Crippen molar-refractivity contribution >= 4 is 27.7 Å². The van der Waals surface area contributed by atoms with Crippen molar-refractivity contribution in [3.8, 4) is 33.4 Å². The van der Waals surface area contributed by atoms with Crippen LogP contribution in [-0.4, -0.2) is 0 Å². The molecule has 8 aromatic rings. The second-order valence-corrected chi connectivity index (χ2v) is 16.3. The Morgan fingerprint density at radius 3 is 1.95 bits per heavy atom. The highest BCUT2D eigenvalue weighted by Crippen LogP contribution is 2.56. The fourth-order valence-electron chi connectivity index (χ4n) is 9.83. The smallest absolute Gasteiger partial charge is 0.0710 e. The highest BCUT2D eigenvalue weighted by atomic mass is 15.1. The first-order valence-corrected chi connectivity index (χ1v) is 21.5. The lowest BCUT2D eigenvalue weighted by atomic mass is 9.66. The first kappa shape index (κ1) is 40.0. The molecule has 0 fully saturated rings. The summed E-state index contributed by atoms with van der Waals surface area (Å²) in [6.07, 6.45) is 10.4. The molecule has 0 unspecified atom stereocenters. The van der Waals surface area contributed by atoms with Crippen molar-refractivity contribution in [3.05, 3.63) is 270 Å². The number of nitrogens with zero attached hydrogens (tertiary/aromatic N) is 1. The van der Waals surface area contributed by atoms with Crippen LogP contribution in [0.4, 0.5) is 11.4 Å². The molecule has 0 atom stereocenters. The molecule has 0 aliphatic heterocycles. The lowest BCUT2D eigenvalue weighted by molar-refractivity contribution is 0.761. The van der Waals surface area contributed by atoms with E-state index < -0.39 is 5.41 Å². The van der Waals surface area contributed by atoms with Crippen molar-refractivity contribution in [1.29, 1.82) is 0 Å². The number of aryl methyl sites for hydroxylation is 2. The molecule has 0 saturated heterocycles. The molecule has 0 bridgehead atoms. The molecule has 0 saturated carbocycles. The zero-order chi connectivity index (χ0) is 42.8. The van der Waals surface area contributed by atoms with E-state index in [1.807, 2.05) is 6.08 Å². The summed E-state index contributed by atoms with van der Waals surface area (Å²) in [6, 6.07) is 66.6. The number of para-hydroxylation sites is 1. The molecule has 62 heavy (non-hydrogen) atoms. The van der Waals surface area contributed by atoms with E-state index in [2.05, 4.69) is 252 Å². The molecular weight excluding hydrogens is 747 g/mol. The zero-order valence-corrected chi connectivity index (χ0v) is 36.1. The Kier molecular flexibility index (Phi) is 10.9. The number of anilines is 2. The molecule has 0 N–H and O–H groups in total. The zero-order valence-electron chi connectivity index (χ0n) is 36.1. The first-order valence-electron chi connectivity index (χ1n) is 21.5. The largest absolute Gasteiger partial charge is 0.310 e. The fraction of sp³-hybridized carbons (Fsp3) is 0.0820. The lowest BCUT2D eigenvalue weighted by Crippen LogP contribution is -2.29. The van der Waals surface area contributed by atoms with Crippen molar-refractivity contribution in [2.24, 2.45) is 0 Å². The molecule has 1 aliphatic rings. The normalized spacial score (nSPS) is 13.2. The third-order valence-corrected chi connectivity index (χ3v) is 12.6. The van der Waals surface area contributed by atoms with E-state index in [9.17, 15) is 0 Å². The fourth-order valence-corrected chi connectivity index (χ4v) is 9.83. The van der Waals surface area contributed by atoms with Gasteiger partial charge in [0.05, 0.1) is 11.1 Å². The first-order chi connectivity index (χ1) is 30.3. The Morgan fingerprint density at radius 2 is 1.23 bits per heavy atom. The van der Waals surface area contributed by atoms with Gasteiger partial charge in [0.1, 0.15) is 0 Å². The average Bonchev–Trinajstić information content (AvgIpc) is 3.56. The lowest BCUT2D eigenvalue weighted by Gasteiger charge is -2.36. The van der Waals surface area contributed by atoms with Gasteiger partial charge in [0.15, 0.2) is 0 Å². The molecule has 1 heteroatoms. The molecule has 0 aromatic heterocycles. The maximum Gasteiger partial charge on any atom is 0.0710 e. The molecule has 9 rings (SSSR count). The van der Waals surface area contributed by atoms with Gasteiger partial charge >= 0.3 is 0 Å². The Hall–Kier alpha value is -7.48. The maximum atomic E-state index is 4.69. The summed E-state index contributed by atoms with van der Waals surface area (Å²) < 4.78 is 0. The van der Waals surface area contributed by atoms with Crippen LogP contribution in [0.3, 0.4) is 0 Å². The van der Waals surface area contributed by atoms with E-state index in [1.165, 1.54) is 77.6 Å². The standard InChI is InChI=1S/C61H51N/c1-7-9-31-57-45(6)54-38-36-52(41-58(54)61(57,50-25-12-10-13-26-50)51-27-14-11-15-28-51)62(44(5)21-8-2)59-32-19-18-29-55(59)49-24-20-23-47(40-49)48-35-37-53(43(4)39-48)60-42(3)33-34-46-22-16-17-30-56(46)60/h7-41H,1,5H2,2-4,6H3/b21-8-,31-9-. The molecule has 300 valence electrons. The number of benzene rings is 8. The highest BCUT2D eigenvalue weighted by Gasteiger charge is 2.46. The van der Waals surface area contributed by atoms with Gasteiger partial charge in [-0.2, -0.15) is 0 Å². The molecule has 0 spiro atoms. The quantitative estimate of drug-likeness (QED) is 0.118. The molecule has 8 aromatic carbocycles. The van der Waals surface area contributed by atoms with E-state index in [0.717, 1.165) is 28.2 Å². The molecule has 1 nitrogen and oxygen atoms in total. The number of hydrogen-bond acceptors (Lipinski definition) is 1. The van der Waals surface area contributed by atoms with Crippen LogP contribution in [0, 0.1) is 13.8 Å². The summed E-state index contributed by atoms with van der Waals surface area (Å²) in [4.78, 5) is 2.32. The highest BCUT2D eigenvalue weighted by molar-refractivity contribution is 5.99. The van der Waals surface area contributed by atoms with E-state index >= 15 is 0 Å². The van der Waals surface area contributed by atoms with Crippen LogP contribution < -0.4 is 4.90 Å². The second-order valence-electron chi connectivity index (χ2n) is 16.3. The van der Waals surface area contributed by atoms with Gasteiger partial charge in [-0.15, -0.1) is 0 Å². The van der Waals surface area contributed by atoms with Gasteiger partial charge in [0.2, 0.25) is 0 Å². The number of rotatable bonds is 11. The number of hydrogen-bond donors (Lipinski definition) is 0. The molecule has 0 amide bonds. The van der Waals surface area contributed by atoms with Gasteiger partial charge in [-0.3, -0.25) is 0 Å². The van der Waals surface area contributed by atoms with E-state index in [4.69, 9.17) is 0 Å². The average molecular weight is 798 g/mol. The molecule has 0 radical (unpaired) electrons. The van der Waals surface area contributed by atoms with Crippen LogP contribution in [0.25, 0.3) is 49.7 Å². The van der Waals surface area contributed by atoms with Crippen LogP contribution in [0.15, 0.2) is 237 Å². The summed E-state index contributed by atoms with van der Waals surface area (Å²) in [6.45, 7) is 17.5. The van der Waals surface area contributed by atoms with Gasteiger partial charge in [-0.1, -0.05) is 195 Å². The second kappa shape index (κ2) is 16.9. The van der Waals surface area contributed by atoms with Gasteiger partial charge in [0, 0.05) is 16.9 Å².